The Morgan fingerprint density at radius 3 is 2.36 bits per heavy atom. The Balaban J connectivity index is 2.23. The molecule has 0 spiro atoms. The molecule has 0 fully saturated rings. The summed E-state index contributed by atoms with van der Waals surface area (Å²) in [5.74, 6) is -1.39. The van der Waals surface area contributed by atoms with Gasteiger partial charge in [-0.05, 0) is 18.2 Å². The first-order chi connectivity index (χ1) is 10.6. The number of carbonyl (C=O) groups is 2. The molecule has 0 aliphatic heterocycles. The van der Waals surface area contributed by atoms with Crippen molar-refractivity contribution in [2.45, 2.75) is 12.5 Å². The smallest absolute Gasteiger partial charge is 0.307 e. The number of nitrogens with one attached hydrogen (secondary N) is 1. The van der Waals surface area contributed by atoms with Gasteiger partial charge >= 0.3 is 5.97 Å². The van der Waals surface area contributed by atoms with E-state index in [2.05, 4.69) is 10.1 Å². The van der Waals surface area contributed by atoms with Crippen molar-refractivity contribution in [3.63, 3.8) is 0 Å². The number of hydrogen-bond donors (Lipinski definition) is 1. The van der Waals surface area contributed by atoms with Crippen LogP contribution in [0, 0.1) is 5.82 Å². The van der Waals surface area contributed by atoms with Crippen molar-refractivity contribution in [3.8, 4) is 0 Å². The minimum Gasteiger partial charge on any atom is -0.469 e. The largest absolute Gasteiger partial charge is 0.469 e. The van der Waals surface area contributed by atoms with E-state index in [0.717, 1.165) is 0 Å². The molecule has 2 aromatic carbocycles. The molecule has 5 heteroatoms. The maximum Gasteiger partial charge on any atom is 0.307 e. The van der Waals surface area contributed by atoms with Crippen molar-refractivity contribution in [1.82, 2.24) is 5.32 Å². The van der Waals surface area contributed by atoms with Gasteiger partial charge in [0.05, 0.1) is 19.6 Å². The molecule has 0 aromatic heterocycles. The van der Waals surface area contributed by atoms with Crippen LogP contribution in [-0.2, 0) is 9.53 Å². The Morgan fingerprint density at radius 2 is 1.73 bits per heavy atom. The topological polar surface area (TPSA) is 55.4 Å². The average Bonchev–Trinajstić information content (AvgIpc) is 2.55. The predicted molar refractivity (Wildman–Crippen MR) is 79.7 cm³/mol. The molecule has 114 valence electrons. The quantitative estimate of drug-likeness (QED) is 0.864. The molecule has 0 aliphatic carbocycles. The lowest BCUT2D eigenvalue weighted by Crippen LogP contribution is -2.31. The molecule has 1 atom stereocenters. The second-order valence-electron chi connectivity index (χ2n) is 4.69. The van der Waals surface area contributed by atoms with E-state index in [9.17, 15) is 14.0 Å². The van der Waals surface area contributed by atoms with E-state index in [4.69, 9.17) is 0 Å². The molecule has 22 heavy (non-hydrogen) atoms. The van der Waals surface area contributed by atoms with E-state index >= 15 is 0 Å². The van der Waals surface area contributed by atoms with Crippen LogP contribution in [0.4, 0.5) is 4.39 Å². The molecule has 2 rings (SSSR count). The number of halogens is 1. The number of carbonyl (C=O) groups excluding carboxylic acids is 2. The third-order valence-corrected chi connectivity index (χ3v) is 3.22. The van der Waals surface area contributed by atoms with Crippen molar-refractivity contribution >= 4 is 11.9 Å². The van der Waals surface area contributed by atoms with Gasteiger partial charge in [-0.3, -0.25) is 9.59 Å². The molecule has 4 nitrogen and oxygen atoms in total. The lowest BCUT2D eigenvalue weighted by molar-refractivity contribution is -0.141. The van der Waals surface area contributed by atoms with Crippen molar-refractivity contribution < 1.29 is 18.7 Å². The van der Waals surface area contributed by atoms with Gasteiger partial charge in [0.1, 0.15) is 5.82 Å². The lowest BCUT2D eigenvalue weighted by Gasteiger charge is -2.18. The van der Waals surface area contributed by atoms with Gasteiger partial charge in [-0.1, -0.05) is 36.4 Å². The molecule has 0 saturated heterocycles. The molecule has 0 bridgehead atoms. The normalized spacial score (nSPS) is 11.5. The molecule has 1 amide bonds. The van der Waals surface area contributed by atoms with Gasteiger partial charge in [0, 0.05) is 11.1 Å². The average molecular weight is 301 g/mol. The highest BCUT2D eigenvalue weighted by atomic mass is 19.1. The van der Waals surface area contributed by atoms with Gasteiger partial charge < -0.3 is 10.1 Å². The Hall–Kier alpha value is -2.69. The lowest BCUT2D eigenvalue weighted by atomic mass is 10.0. The minimum absolute atomic E-state index is 0.143. The summed E-state index contributed by atoms with van der Waals surface area (Å²) in [4.78, 5) is 23.8. The van der Waals surface area contributed by atoms with Crippen LogP contribution in [0.3, 0.4) is 0 Å². The molecular formula is C17H16FNO3. The Bertz CT molecular complexity index is 658. The van der Waals surface area contributed by atoms with Crippen LogP contribution in [0.5, 0.6) is 0 Å². The summed E-state index contributed by atoms with van der Waals surface area (Å²) < 4.78 is 18.6. The highest BCUT2D eigenvalue weighted by Crippen LogP contribution is 2.21. The fourth-order valence-corrected chi connectivity index (χ4v) is 2.08. The number of ether oxygens (including phenoxy) is 1. The van der Waals surface area contributed by atoms with Crippen molar-refractivity contribution in [3.05, 3.63) is 71.5 Å². The van der Waals surface area contributed by atoms with Crippen LogP contribution in [0.15, 0.2) is 54.6 Å². The van der Waals surface area contributed by atoms with Gasteiger partial charge in [0.25, 0.3) is 5.91 Å². The summed E-state index contributed by atoms with van der Waals surface area (Å²) in [7, 11) is 1.25. The molecule has 1 N–H and O–H groups in total. The van der Waals surface area contributed by atoms with Gasteiger partial charge in [-0.2, -0.15) is 0 Å². The Morgan fingerprint density at radius 1 is 1.09 bits per heavy atom. The molecule has 2 aromatic rings. The second kappa shape index (κ2) is 7.36. The Labute approximate surface area is 127 Å². The van der Waals surface area contributed by atoms with E-state index in [1.165, 1.54) is 19.2 Å². The number of esters is 1. The highest BCUT2D eigenvalue weighted by Gasteiger charge is 2.22. The first-order valence-corrected chi connectivity index (χ1v) is 6.79. The van der Waals surface area contributed by atoms with Gasteiger partial charge in [-0.15, -0.1) is 0 Å². The molecular weight excluding hydrogens is 285 g/mol. The monoisotopic (exact) mass is 301 g/mol. The highest BCUT2D eigenvalue weighted by molar-refractivity contribution is 5.94. The van der Waals surface area contributed by atoms with Gasteiger partial charge in [-0.25, -0.2) is 4.39 Å². The zero-order valence-corrected chi connectivity index (χ0v) is 12.1. The summed E-state index contributed by atoms with van der Waals surface area (Å²) in [6, 6.07) is 13.8. The summed E-state index contributed by atoms with van der Waals surface area (Å²) in [5, 5.41) is 2.68. The van der Waals surface area contributed by atoms with Crippen LogP contribution in [0.1, 0.15) is 28.4 Å². The summed E-state index contributed by atoms with van der Waals surface area (Å²) >= 11 is 0. The zero-order valence-electron chi connectivity index (χ0n) is 12.1. The van der Waals surface area contributed by atoms with Crippen LogP contribution < -0.4 is 5.32 Å². The third kappa shape index (κ3) is 3.91. The van der Waals surface area contributed by atoms with E-state index in [1.54, 1.807) is 42.5 Å². The summed E-state index contributed by atoms with van der Waals surface area (Å²) in [6.45, 7) is 0. The zero-order chi connectivity index (χ0) is 15.9. The van der Waals surface area contributed by atoms with Gasteiger partial charge in [0.15, 0.2) is 0 Å². The van der Waals surface area contributed by atoms with Crippen LogP contribution in [0.25, 0.3) is 0 Å². The first-order valence-electron chi connectivity index (χ1n) is 6.79. The summed E-state index contributed by atoms with van der Waals surface area (Å²) in [5.41, 5.74) is 0.686. The second-order valence-corrected chi connectivity index (χ2v) is 4.69. The fraction of sp³-hybridized carbons (Fsp3) is 0.176. The molecule has 0 aliphatic rings. The van der Waals surface area contributed by atoms with E-state index in [-0.39, 0.29) is 17.9 Å². The van der Waals surface area contributed by atoms with Crippen LogP contribution >= 0.6 is 0 Å². The number of rotatable bonds is 5. The maximum atomic E-state index is 13.9. The number of hydrogen-bond acceptors (Lipinski definition) is 3. The number of benzene rings is 2. The first kappa shape index (κ1) is 15.7. The van der Waals surface area contributed by atoms with Crippen LogP contribution in [0.2, 0.25) is 0 Å². The van der Waals surface area contributed by atoms with E-state index in [1.807, 2.05) is 0 Å². The van der Waals surface area contributed by atoms with Crippen LogP contribution in [-0.4, -0.2) is 19.0 Å². The van der Waals surface area contributed by atoms with Crippen molar-refractivity contribution in [2.75, 3.05) is 7.11 Å². The fourth-order valence-electron chi connectivity index (χ4n) is 2.08. The summed E-state index contributed by atoms with van der Waals surface area (Å²) in [6.07, 6.45) is -0.143. The number of methoxy groups -OCH3 is 1. The third-order valence-electron chi connectivity index (χ3n) is 3.22. The molecule has 0 heterocycles. The minimum atomic E-state index is -0.790. The SMILES string of the molecule is COC(=O)CC(NC(=O)c1ccccc1)c1ccccc1F. The Kier molecular flexibility index (Phi) is 5.25. The van der Waals surface area contributed by atoms with Gasteiger partial charge in [0.2, 0.25) is 0 Å². The molecule has 0 radical (unpaired) electrons. The molecule has 0 saturated carbocycles. The van der Waals surface area contributed by atoms with E-state index < -0.39 is 17.8 Å². The maximum absolute atomic E-state index is 13.9. The van der Waals surface area contributed by atoms with E-state index in [0.29, 0.717) is 5.56 Å². The van der Waals surface area contributed by atoms with Crippen molar-refractivity contribution in [2.24, 2.45) is 0 Å². The molecule has 1 unspecified atom stereocenters. The van der Waals surface area contributed by atoms with Crippen molar-refractivity contribution in [1.29, 1.82) is 0 Å². The standard InChI is InChI=1S/C17H16FNO3/c1-22-16(20)11-15(13-9-5-6-10-14(13)18)19-17(21)12-7-3-2-4-8-12/h2-10,15H,11H2,1H3,(H,19,21). The predicted octanol–water partition coefficient (Wildman–Crippen LogP) is 2.86. The number of amides is 1.